The number of nitrogens with zero attached hydrogens (tertiary/aromatic N) is 3. The van der Waals surface area contributed by atoms with Crippen molar-refractivity contribution in [1.29, 1.82) is 0 Å². The topological polar surface area (TPSA) is 98.4 Å². The van der Waals surface area contributed by atoms with Crippen LogP contribution in [-0.2, 0) is 9.59 Å². The van der Waals surface area contributed by atoms with Crippen molar-refractivity contribution in [2.24, 2.45) is 0 Å². The normalized spacial score (nSPS) is 16.1. The molecule has 2 heterocycles. The number of nitrogens with one attached hydrogen (secondary N) is 2. The summed E-state index contributed by atoms with van der Waals surface area (Å²) in [5.41, 5.74) is 2.25. The number of hydrogen-bond donors (Lipinski definition) is 2. The first-order chi connectivity index (χ1) is 14.0. The van der Waals surface area contributed by atoms with E-state index in [0.717, 1.165) is 5.52 Å². The lowest BCUT2D eigenvalue weighted by Crippen LogP contribution is -2.45. The average Bonchev–Trinajstić information content (AvgIpc) is 3.07. The van der Waals surface area contributed by atoms with E-state index in [4.69, 9.17) is 0 Å². The number of hydrogen-bond acceptors (Lipinski definition) is 4. The smallest absolute Gasteiger partial charge is 0.275 e. The molecule has 4 rings (SSSR count). The van der Waals surface area contributed by atoms with Gasteiger partial charge in [0.25, 0.3) is 5.91 Å². The summed E-state index contributed by atoms with van der Waals surface area (Å²) in [7, 11) is 1.57. The van der Waals surface area contributed by atoms with Crippen molar-refractivity contribution in [3.8, 4) is 0 Å². The quantitative estimate of drug-likeness (QED) is 0.716. The number of aromatic nitrogens is 2. The van der Waals surface area contributed by atoms with E-state index >= 15 is 0 Å². The van der Waals surface area contributed by atoms with Crippen LogP contribution in [-0.4, -0.2) is 52.5 Å². The van der Waals surface area contributed by atoms with Crippen molar-refractivity contribution in [1.82, 2.24) is 15.1 Å². The standard InChI is InChI=1S/C21H21N5O3/c1-13-11-18(27)22-16-9-5-6-10-17(16)26(13)19(28)12-25(2)21(29)20-14-7-3-4-8-15(14)23-24-20/h3-10,13H,11-12H2,1-2H3,(H,22,27)(H,23,24)/t13-/m1/s1. The minimum Gasteiger partial charge on any atom is -0.331 e. The highest BCUT2D eigenvalue weighted by Crippen LogP contribution is 2.31. The molecule has 8 heteroatoms. The molecule has 1 atom stereocenters. The second kappa shape index (κ2) is 7.38. The monoisotopic (exact) mass is 391 g/mol. The van der Waals surface area contributed by atoms with Gasteiger partial charge in [-0.05, 0) is 25.1 Å². The molecule has 3 amide bonds. The summed E-state index contributed by atoms with van der Waals surface area (Å²) in [6.07, 6.45) is 0.183. The molecule has 2 aromatic carbocycles. The molecular formula is C21H21N5O3. The highest BCUT2D eigenvalue weighted by Gasteiger charge is 2.31. The van der Waals surface area contributed by atoms with Gasteiger partial charge in [0, 0.05) is 24.9 Å². The molecule has 0 unspecified atom stereocenters. The summed E-state index contributed by atoms with van der Waals surface area (Å²) in [6, 6.07) is 14.2. The number of fused-ring (bicyclic) bond motifs is 2. The number of amides is 3. The fourth-order valence-corrected chi connectivity index (χ4v) is 3.63. The maximum Gasteiger partial charge on any atom is 0.275 e. The molecule has 0 spiro atoms. The predicted octanol–water partition coefficient (Wildman–Crippen LogP) is 2.40. The molecule has 8 nitrogen and oxygen atoms in total. The van der Waals surface area contributed by atoms with Crippen LogP contribution < -0.4 is 10.2 Å². The number of rotatable bonds is 3. The first-order valence-corrected chi connectivity index (χ1v) is 9.35. The van der Waals surface area contributed by atoms with Crippen LogP contribution in [0, 0.1) is 0 Å². The summed E-state index contributed by atoms with van der Waals surface area (Å²) in [6.45, 7) is 1.69. The average molecular weight is 391 g/mol. The lowest BCUT2D eigenvalue weighted by molar-refractivity contribution is -0.119. The van der Waals surface area contributed by atoms with E-state index in [0.29, 0.717) is 16.8 Å². The van der Waals surface area contributed by atoms with Crippen molar-refractivity contribution in [2.75, 3.05) is 23.8 Å². The summed E-state index contributed by atoms with van der Waals surface area (Å²) >= 11 is 0. The van der Waals surface area contributed by atoms with Gasteiger partial charge in [0.15, 0.2) is 5.69 Å². The molecule has 2 N–H and O–H groups in total. The van der Waals surface area contributed by atoms with E-state index < -0.39 is 0 Å². The summed E-state index contributed by atoms with van der Waals surface area (Å²) in [5, 5.41) is 10.5. The van der Waals surface area contributed by atoms with Crippen molar-refractivity contribution < 1.29 is 14.4 Å². The number of H-pyrrole nitrogens is 1. The third kappa shape index (κ3) is 3.44. The number of benzene rings is 2. The van der Waals surface area contributed by atoms with E-state index in [9.17, 15) is 14.4 Å². The van der Waals surface area contributed by atoms with Crippen LogP contribution in [0.3, 0.4) is 0 Å². The van der Waals surface area contributed by atoms with E-state index in [1.165, 1.54) is 4.90 Å². The zero-order valence-electron chi connectivity index (χ0n) is 16.2. The maximum atomic E-state index is 13.1. The lowest BCUT2D eigenvalue weighted by Gasteiger charge is -2.29. The minimum atomic E-state index is -0.347. The van der Waals surface area contributed by atoms with Gasteiger partial charge in [0.2, 0.25) is 11.8 Å². The highest BCUT2D eigenvalue weighted by molar-refractivity contribution is 6.08. The number of anilines is 2. The van der Waals surface area contributed by atoms with Crippen molar-refractivity contribution in [3.63, 3.8) is 0 Å². The molecule has 1 aliphatic heterocycles. The van der Waals surface area contributed by atoms with Gasteiger partial charge in [0.05, 0.1) is 16.9 Å². The van der Waals surface area contributed by atoms with Crippen molar-refractivity contribution in [3.05, 3.63) is 54.2 Å². The van der Waals surface area contributed by atoms with Crippen molar-refractivity contribution in [2.45, 2.75) is 19.4 Å². The minimum absolute atomic E-state index is 0.132. The Bertz CT molecular complexity index is 1110. The summed E-state index contributed by atoms with van der Waals surface area (Å²) in [4.78, 5) is 41.1. The number of carbonyl (C=O) groups excluding carboxylic acids is 3. The Hall–Kier alpha value is -3.68. The summed E-state index contributed by atoms with van der Waals surface area (Å²) < 4.78 is 0. The molecule has 0 radical (unpaired) electrons. The van der Waals surface area contributed by atoms with Crippen molar-refractivity contribution >= 4 is 40.0 Å². The molecule has 1 aromatic heterocycles. The largest absolute Gasteiger partial charge is 0.331 e. The maximum absolute atomic E-state index is 13.1. The fraction of sp³-hybridized carbons (Fsp3) is 0.238. The lowest BCUT2D eigenvalue weighted by atomic mass is 10.1. The molecule has 0 bridgehead atoms. The number of likely N-dealkylation sites (N-methyl/N-ethyl adjacent to an activating group) is 1. The number of carbonyl (C=O) groups is 3. The van der Waals surface area contributed by atoms with Crippen LogP contribution in [0.25, 0.3) is 10.9 Å². The molecule has 0 saturated heterocycles. The van der Waals surface area contributed by atoms with Crippen LogP contribution in [0.4, 0.5) is 11.4 Å². The number of aromatic amines is 1. The SMILES string of the molecule is C[C@@H]1CC(=O)Nc2ccccc2N1C(=O)CN(C)C(=O)c1n[nH]c2ccccc12. The van der Waals surface area contributed by atoms with Crippen LogP contribution in [0.5, 0.6) is 0 Å². The molecule has 0 fully saturated rings. The van der Waals surface area contributed by atoms with Crippen LogP contribution in [0.1, 0.15) is 23.8 Å². The Balaban J connectivity index is 1.58. The predicted molar refractivity (Wildman–Crippen MR) is 110 cm³/mol. The van der Waals surface area contributed by atoms with E-state index in [-0.39, 0.29) is 42.4 Å². The van der Waals surface area contributed by atoms with E-state index in [1.54, 1.807) is 30.1 Å². The highest BCUT2D eigenvalue weighted by atomic mass is 16.2. The van der Waals surface area contributed by atoms with Gasteiger partial charge in [-0.1, -0.05) is 30.3 Å². The second-order valence-corrected chi connectivity index (χ2v) is 7.16. The van der Waals surface area contributed by atoms with E-state index in [2.05, 4.69) is 15.5 Å². The Kier molecular flexibility index (Phi) is 4.75. The molecule has 0 saturated carbocycles. The van der Waals surface area contributed by atoms with Gasteiger partial charge >= 0.3 is 0 Å². The van der Waals surface area contributed by atoms with Gasteiger partial charge in [0.1, 0.15) is 6.54 Å². The Labute approximate surface area is 167 Å². The van der Waals surface area contributed by atoms with Crippen LogP contribution >= 0.6 is 0 Å². The molecular weight excluding hydrogens is 370 g/mol. The first kappa shape index (κ1) is 18.7. The zero-order valence-corrected chi connectivity index (χ0v) is 16.2. The molecule has 29 heavy (non-hydrogen) atoms. The molecule has 148 valence electrons. The zero-order chi connectivity index (χ0) is 20.5. The van der Waals surface area contributed by atoms with Gasteiger partial charge in [-0.2, -0.15) is 5.10 Å². The van der Waals surface area contributed by atoms with E-state index in [1.807, 2.05) is 37.3 Å². The fourth-order valence-electron chi connectivity index (χ4n) is 3.63. The van der Waals surface area contributed by atoms with Gasteiger partial charge < -0.3 is 15.1 Å². The second-order valence-electron chi connectivity index (χ2n) is 7.16. The van der Waals surface area contributed by atoms with Gasteiger partial charge in [-0.3, -0.25) is 19.5 Å². The third-order valence-corrected chi connectivity index (χ3v) is 5.02. The molecule has 0 aliphatic carbocycles. The Morgan fingerprint density at radius 1 is 1.17 bits per heavy atom. The third-order valence-electron chi connectivity index (χ3n) is 5.02. The van der Waals surface area contributed by atoms with Crippen LogP contribution in [0.2, 0.25) is 0 Å². The van der Waals surface area contributed by atoms with Crippen LogP contribution in [0.15, 0.2) is 48.5 Å². The molecule has 3 aromatic rings. The number of para-hydroxylation sites is 3. The summed E-state index contributed by atoms with van der Waals surface area (Å²) in [5.74, 6) is -0.759. The molecule has 1 aliphatic rings. The Morgan fingerprint density at radius 3 is 2.72 bits per heavy atom. The first-order valence-electron chi connectivity index (χ1n) is 9.35. The Morgan fingerprint density at radius 2 is 1.90 bits per heavy atom. The van der Waals surface area contributed by atoms with Gasteiger partial charge in [-0.25, -0.2) is 0 Å². The van der Waals surface area contributed by atoms with Gasteiger partial charge in [-0.15, -0.1) is 0 Å².